The maximum absolute atomic E-state index is 5.52. The molecule has 1 rings (SSSR count). The highest BCUT2D eigenvalue weighted by molar-refractivity contribution is 5.35. The summed E-state index contributed by atoms with van der Waals surface area (Å²) in [7, 11) is 1.87. The predicted octanol–water partition coefficient (Wildman–Crippen LogP) is 1.01. The summed E-state index contributed by atoms with van der Waals surface area (Å²) in [6.07, 6.45) is 0.882. The van der Waals surface area contributed by atoms with Crippen molar-refractivity contribution in [2.24, 2.45) is 5.73 Å². The SMILES string of the molecule is CNc1cc(CCN)n(C(C)C)n1. The number of nitrogens with two attached hydrogens (primary N) is 1. The molecule has 0 unspecified atom stereocenters. The standard InChI is InChI=1S/C9H18N4/c1-7(2)13-8(4-5-10)6-9(11-3)12-13/h6-7H,4-5,10H2,1-3H3,(H,11,12). The van der Waals surface area contributed by atoms with Gasteiger partial charge in [0.2, 0.25) is 0 Å². The summed E-state index contributed by atoms with van der Waals surface area (Å²) in [5, 5.41) is 7.43. The zero-order valence-corrected chi connectivity index (χ0v) is 8.54. The average molecular weight is 182 g/mol. The molecule has 4 nitrogen and oxygen atoms in total. The molecule has 0 aliphatic rings. The van der Waals surface area contributed by atoms with Crippen LogP contribution < -0.4 is 11.1 Å². The van der Waals surface area contributed by atoms with Crippen molar-refractivity contribution in [3.8, 4) is 0 Å². The molecule has 1 aromatic rings. The van der Waals surface area contributed by atoms with Crippen molar-refractivity contribution in [1.82, 2.24) is 9.78 Å². The minimum Gasteiger partial charge on any atom is -0.372 e. The lowest BCUT2D eigenvalue weighted by Gasteiger charge is -2.09. The molecule has 0 fully saturated rings. The average Bonchev–Trinajstić information content (AvgIpc) is 2.48. The summed E-state index contributed by atoms with van der Waals surface area (Å²) in [5.74, 6) is 0.914. The zero-order valence-electron chi connectivity index (χ0n) is 8.54. The summed E-state index contributed by atoms with van der Waals surface area (Å²) in [6.45, 7) is 4.90. The molecule has 0 saturated carbocycles. The van der Waals surface area contributed by atoms with Crippen LogP contribution in [0.15, 0.2) is 6.07 Å². The Morgan fingerprint density at radius 1 is 1.62 bits per heavy atom. The lowest BCUT2D eigenvalue weighted by atomic mass is 10.3. The first kappa shape index (κ1) is 10.1. The van der Waals surface area contributed by atoms with Gasteiger partial charge in [-0.15, -0.1) is 0 Å². The molecule has 0 amide bonds. The molecule has 0 aliphatic carbocycles. The molecule has 3 N–H and O–H groups in total. The van der Waals surface area contributed by atoms with Crippen molar-refractivity contribution in [3.63, 3.8) is 0 Å². The van der Waals surface area contributed by atoms with E-state index in [1.165, 1.54) is 5.69 Å². The van der Waals surface area contributed by atoms with Gasteiger partial charge in [-0.3, -0.25) is 4.68 Å². The number of anilines is 1. The van der Waals surface area contributed by atoms with Gasteiger partial charge in [-0.1, -0.05) is 0 Å². The fourth-order valence-corrected chi connectivity index (χ4v) is 1.34. The second kappa shape index (κ2) is 4.28. The Hall–Kier alpha value is -1.03. The Bertz CT molecular complexity index is 265. The molecular formula is C9H18N4. The van der Waals surface area contributed by atoms with E-state index in [0.717, 1.165) is 12.2 Å². The van der Waals surface area contributed by atoms with Crippen LogP contribution in [-0.2, 0) is 6.42 Å². The van der Waals surface area contributed by atoms with Gasteiger partial charge < -0.3 is 11.1 Å². The maximum Gasteiger partial charge on any atom is 0.148 e. The lowest BCUT2D eigenvalue weighted by molar-refractivity contribution is 0.510. The smallest absolute Gasteiger partial charge is 0.148 e. The fourth-order valence-electron chi connectivity index (χ4n) is 1.34. The van der Waals surface area contributed by atoms with Crippen molar-refractivity contribution in [2.45, 2.75) is 26.3 Å². The zero-order chi connectivity index (χ0) is 9.84. The number of hydrogen-bond acceptors (Lipinski definition) is 3. The van der Waals surface area contributed by atoms with Gasteiger partial charge >= 0.3 is 0 Å². The molecule has 1 heterocycles. The van der Waals surface area contributed by atoms with Crippen LogP contribution in [0.2, 0.25) is 0 Å². The number of rotatable bonds is 4. The first-order valence-corrected chi connectivity index (χ1v) is 4.65. The lowest BCUT2D eigenvalue weighted by Crippen LogP contribution is -2.11. The monoisotopic (exact) mass is 182 g/mol. The van der Waals surface area contributed by atoms with E-state index in [9.17, 15) is 0 Å². The third kappa shape index (κ3) is 2.21. The highest BCUT2D eigenvalue weighted by Crippen LogP contribution is 2.14. The van der Waals surface area contributed by atoms with Gasteiger partial charge in [-0.25, -0.2) is 0 Å². The molecule has 0 aliphatic heterocycles. The van der Waals surface area contributed by atoms with Crippen LogP contribution in [0.25, 0.3) is 0 Å². The van der Waals surface area contributed by atoms with E-state index >= 15 is 0 Å². The molecule has 0 saturated heterocycles. The van der Waals surface area contributed by atoms with Crippen LogP contribution in [-0.4, -0.2) is 23.4 Å². The Morgan fingerprint density at radius 3 is 2.77 bits per heavy atom. The minimum atomic E-state index is 0.392. The number of nitrogens with zero attached hydrogens (tertiary/aromatic N) is 2. The molecular weight excluding hydrogens is 164 g/mol. The van der Waals surface area contributed by atoms with Gasteiger partial charge in [0.15, 0.2) is 0 Å². The van der Waals surface area contributed by atoms with E-state index in [1.807, 2.05) is 17.8 Å². The van der Waals surface area contributed by atoms with Crippen LogP contribution in [0.3, 0.4) is 0 Å². The van der Waals surface area contributed by atoms with Crippen molar-refractivity contribution < 1.29 is 0 Å². The van der Waals surface area contributed by atoms with E-state index < -0.39 is 0 Å². The molecule has 0 radical (unpaired) electrons. The van der Waals surface area contributed by atoms with Gasteiger partial charge in [0.05, 0.1) is 0 Å². The highest BCUT2D eigenvalue weighted by Gasteiger charge is 2.08. The van der Waals surface area contributed by atoms with Crippen LogP contribution in [0.4, 0.5) is 5.82 Å². The number of hydrogen-bond donors (Lipinski definition) is 2. The van der Waals surface area contributed by atoms with Crippen molar-refractivity contribution >= 4 is 5.82 Å². The van der Waals surface area contributed by atoms with Crippen LogP contribution in [0.1, 0.15) is 25.6 Å². The quantitative estimate of drug-likeness (QED) is 0.730. The van der Waals surface area contributed by atoms with E-state index in [2.05, 4.69) is 24.3 Å². The van der Waals surface area contributed by atoms with Gasteiger partial charge in [-0.2, -0.15) is 5.10 Å². The summed E-state index contributed by atoms with van der Waals surface area (Å²) in [6, 6.07) is 2.44. The Kier molecular flexibility index (Phi) is 3.31. The predicted molar refractivity (Wildman–Crippen MR) is 54.9 cm³/mol. The van der Waals surface area contributed by atoms with E-state index in [4.69, 9.17) is 5.73 Å². The van der Waals surface area contributed by atoms with Gasteiger partial charge in [-0.05, 0) is 20.4 Å². The van der Waals surface area contributed by atoms with Crippen molar-refractivity contribution in [3.05, 3.63) is 11.8 Å². The first-order chi connectivity index (χ1) is 6.19. The van der Waals surface area contributed by atoms with Crippen LogP contribution in [0, 0.1) is 0 Å². The molecule has 4 heteroatoms. The normalized spacial score (nSPS) is 10.8. The second-order valence-corrected chi connectivity index (χ2v) is 3.35. The van der Waals surface area contributed by atoms with Gasteiger partial charge in [0.25, 0.3) is 0 Å². The van der Waals surface area contributed by atoms with Crippen molar-refractivity contribution in [2.75, 3.05) is 18.9 Å². The Balaban J connectivity index is 2.93. The van der Waals surface area contributed by atoms with E-state index in [1.54, 1.807) is 0 Å². The molecule has 0 aromatic carbocycles. The molecule has 13 heavy (non-hydrogen) atoms. The largest absolute Gasteiger partial charge is 0.372 e. The second-order valence-electron chi connectivity index (χ2n) is 3.35. The van der Waals surface area contributed by atoms with E-state index in [-0.39, 0.29) is 0 Å². The summed E-state index contributed by atoms with van der Waals surface area (Å²) in [5.41, 5.74) is 6.71. The van der Waals surface area contributed by atoms with Crippen LogP contribution in [0.5, 0.6) is 0 Å². The Morgan fingerprint density at radius 2 is 2.31 bits per heavy atom. The molecule has 0 bridgehead atoms. The minimum absolute atomic E-state index is 0.392. The topological polar surface area (TPSA) is 55.9 Å². The molecule has 1 aromatic heterocycles. The molecule has 0 atom stereocenters. The third-order valence-corrected chi connectivity index (χ3v) is 1.96. The summed E-state index contributed by atoms with van der Waals surface area (Å²) < 4.78 is 2.01. The van der Waals surface area contributed by atoms with E-state index in [0.29, 0.717) is 12.6 Å². The fraction of sp³-hybridized carbons (Fsp3) is 0.667. The van der Waals surface area contributed by atoms with Gasteiger partial charge in [0.1, 0.15) is 5.82 Å². The first-order valence-electron chi connectivity index (χ1n) is 4.65. The summed E-state index contributed by atoms with van der Waals surface area (Å²) in [4.78, 5) is 0. The molecule has 74 valence electrons. The number of aromatic nitrogens is 2. The summed E-state index contributed by atoms with van der Waals surface area (Å²) >= 11 is 0. The number of nitrogens with one attached hydrogen (secondary N) is 1. The third-order valence-electron chi connectivity index (χ3n) is 1.96. The molecule has 0 spiro atoms. The highest BCUT2D eigenvalue weighted by atomic mass is 15.3. The Labute approximate surface area is 79.1 Å². The van der Waals surface area contributed by atoms with Crippen LogP contribution >= 0.6 is 0 Å². The van der Waals surface area contributed by atoms with Gasteiger partial charge in [0, 0.05) is 31.3 Å². The maximum atomic E-state index is 5.52. The van der Waals surface area contributed by atoms with Crippen molar-refractivity contribution in [1.29, 1.82) is 0 Å².